The molecule has 0 aliphatic carbocycles. The lowest BCUT2D eigenvalue weighted by atomic mass is 9.13. The second-order valence-corrected chi connectivity index (χ2v) is 12.8. The SMILES string of the molecule is CCCC[B-](c1c(F)cccc1F)(c1c(F)cccc1F)c1c(F)cccc1F.c1ccc([I+]c2ccccc2)cc1. The number of hydrogen-bond donors (Lipinski definition) is 0. The van der Waals surface area contributed by atoms with Crippen LogP contribution in [-0.2, 0) is 0 Å². The van der Waals surface area contributed by atoms with Crippen molar-refractivity contribution in [3.8, 4) is 0 Å². The van der Waals surface area contributed by atoms with E-state index in [2.05, 4.69) is 60.7 Å². The van der Waals surface area contributed by atoms with Crippen LogP contribution in [0.2, 0.25) is 6.32 Å². The van der Waals surface area contributed by atoms with Crippen molar-refractivity contribution < 1.29 is 47.5 Å². The molecule has 216 valence electrons. The summed E-state index contributed by atoms with van der Waals surface area (Å²) in [7, 11) is 0. The van der Waals surface area contributed by atoms with Gasteiger partial charge in [-0.2, -0.15) is 6.32 Å². The third-order valence-electron chi connectivity index (χ3n) is 7.15. The maximum atomic E-state index is 15.0. The molecule has 0 radical (unpaired) electrons. The van der Waals surface area contributed by atoms with E-state index in [-0.39, 0.29) is 33.9 Å². The summed E-state index contributed by atoms with van der Waals surface area (Å²) in [5.41, 5.74) is -2.18. The van der Waals surface area contributed by atoms with Gasteiger partial charge in [-0.3, -0.25) is 0 Å². The van der Waals surface area contributed by atoms with Crippen molar-refractivity contribution in [1.29, 1.82) is 0 Å². The summed E-state index contributed by atoms with van der Waals surface area (Å²) in [5, 5.41) is 0. The topological polar surface area (TPSA) is 0 Å². The molecular weight excluding hydrogens is 660 g/mol. The van der Waals surface area contributed by atoms with E-state index in [1.165, 1.54) is 7.14 Å². The minimum Gasteiger partial charge on any atom is -0.210 e. The average molecular weight is 688 g/mol. The third kappa shape index (κ3) is 6.91. The van der Waals surface area contributed by atoms with E-state index < -0.39 is 57.4 Å². The summed E-state index contributed by atoms with van der Waals surface area (Å²) in [6, 6.07) is 30.2. The van der Waals surface area contributed by atoms with Crippen molar-refractivity contribution in [2.75, 3.05) is 0 Å². The zero-order valence-electron chi connectivity index (χ0n) is 22.8. The molecule has 0 spiro atoms. The predicted molar refractivity (Wildman–Crippen MR) is 154 cm³/mol. The Labute approximate surface area is 252 Å². The molecule has 0 saturated carbocycles. The molecule has 5 aromatic rings. The standard InChI is InChI=1S/C22H18BF6.C12H10I/c1-2-3-13-23(20-14(24)7-4-8-15(20)25,21-16(26)9-5-10-17(21)27)22-18(28)11-6-12-19(22)29;1-3-7-11(8-4-1)13-12-9-5-2-6-10-12/h4-12H,2-3,13H2,1H3;1-10H/q-1;+1. The van der Waals surface area contributed by atoms with Crippen LogP contribution < -0.4 is 37.6 Å². The van der Waals surface area contributed by atoms with Crippen molar-refractivity contribution in [1.82, 2.24) is 0 Å². The van der Waals surface area contributed by atoms with Crippen LogP contribution >= 0.6 is 0 Å². The summed E-state index contributed by atoms with van der Waals surface area (Å²) in [6.45, 7) is 1.76. The molecule has 0 heterocycles. The molecule has 0 fully saturated rings. The Morgan fingerprint density at radius 3 is 1.05 bits per heavy atom. The van der Waals surface area contributed by atoms with Gasteiger partial charge in [0.25, 0.3) is 0 Å². The normalized spacial score (nSPS) is 11.1. The van der Waals surface area contributed by atoms with Gasteiger partial charge in [0.1, 0.15) is 6.15 Å². The smallest absolute Gasteiger partial charge is 0.210 e. The Kier molecular flexibility index (Phi) is 10.9. The van der Waals surface area contributed by atoms with Crippen LogP contribution in [0, 0.1) is 42.0 Å². The van der Waals surface area contributed by atoms with Crippen LogP contribution in [0.3, 0.4) is 0 Å². The summed E-state index contributed by atoms with van der Waals surface area (Å²) in [4.78, 5) is 0. The van der Waals surface area contributed by atoms with E-state index in [1.807, 2.05) is 0 Å². The van der Waals surface area contributed by atoms with Crippen LogP contribution in [0.4, 0.5) is 26.3 Å². The van der Waals surface area contributed by atoms with E-state index in [0.717, 1.165) is 54.6 Å². The Morgan fingerprint density at radius 1 is 0.452 bits per heavy atom. The summed E-state index contributed by atoms with van der Waals surface area (Å²) in [5.74, 6) is -6.71. The Balaban J connectivity index is 0.000000258. The number of unbranched alkanes of at least 4 members (excludes halogenated alkanes) is 1. The first kappa shape index (κ1) is 31.4. The molecule has 0 nitrogen and oxygen atoms in total. The van der Waals surface area contributed by atoms with E-state index in [0.29, 0.717) is 6.42 Å². The highest BCUT2D eigenvalue weighted by molar-refractivity contribution is 7.11. The molecule has 0 unspecified atom stereocenters. The summed E-state index contributed by atoms with van der Waals surface area (Å²) < 4.78 is 92.7. The van der Waals surface area contributed by atoms with Gasteiger partial charge in [0, 0.05) is 0 Å². The molecular formula is C34H28BF6I. The fourth-order valence-corrected chi connectivity index (χ4v) is 7.67. The molecule has 0 amide bonds. The lowest BCUT2D eigenvalue weighted by Gasteiger charge is -2.43. The minimum atomic E-state index is -3.32. The molecule has 0 bridgehead atoms. The van der Waals surface area contributed by atoms with Crippen LogP contribution in [0.15, 0.2) is 115 Å². The minimum absolute atomic E-state index is 0.0287. The number of benzene rings is 5. The molecule has 0 saturated heterocycles. The average Bonchev–Trinajstić information content (AvgIpc) is 2.97. The van der Waals surface area contributed by atoms with Gasteiger partial charge >= 0.3 is 21.2 Å². The van der Waals surface area contributed by atoms with Crippen LogP contribution in [0.25, 0.3) is 0 Å². The molecule has 5 rings (SSSR count). The molecule has 0 atom stereocenters. The molecule has 5 aromatic carbocycles. The van der Waals surface area contributed by atoms with E-state index >= 15 is 0 Å². The first-order valence-electron chi connectivity index (χ1n) is 13.5. The number of halogens is 7. The molecule has 0 aliphatic heterocycles. The van der Waals surface area contributed by atoms with E-state index in [1.54, 1.807) is 6.92 Å². The third-order valence-corrected chi connectivity index (χ3v) is 9.84. The van der Waals surface area contributed by atoms with Crippen LogP contribution in [0.5, 0.6) is 0 Å². The highest BCUT2D eigenvalue weighted by Gasteiger charge is 2.41. The summed E-state index contributed by atoms with van der Waals surface area (Å²) >= 11 is 0.0287. The largest absolute Gasteiger partial charge is 0.357 e. The van der Waals surface area contributed by atoms with E-state index in [4.69, 9.17) is 0 Å². The highest BCUT2D eigenvalue weighted by atomic mass is 127. The first-order chi connectivity index (χ1) is 20.3. The lowest BCUT2D eigenvalue weighted by Crippen LogP contribution is -3.61. The quantitative estimate of drug-likeness (QED) is 0.127. The van der Waals surface area contributed by atoms with Gasteiger partial charge in [-0.05, 0) is 60.7 Å². The van der Waals surface area contributed by atoms with Crippen LogP contribution in [-0.4, -0.2) is 6.15 Å². The van der Waals surface area contributed by atoms with Gasteiger partial charge < -0.3 is 0 Å². The lowest BCUT2D eigenvalue weighted by molar-refractivity contribution is -0.597. The van der Waals surface area contributed by atoms with Gasteiger partial charge in [0.05, 0.1) is 34.9 Å². The monoisotopic (exact) mass is 688 g/mol. The van der Waals surface area contributed by atoms with Gasteiger partial charge in [-0.25, -0.2) is 26.3 Å². The maximum absolute atomic E-state index is 15.0. The van der Waals surface area contributed by atoms with Crippen LogP contribution in [0.1, 0.15) is 19.8 Å². The maximum Gasteiger partial charge on any atom is 0.357 e. The summed E-state index contributed by atoms with van der Waals surface area (Å²) in [6.07, 6.45) is -2.85. The fraction of sp³-hybridized carbons (Fsp3) is 0.118. The molecule has 0 aromatic heterocycles. The van der Waals surface area contributed by atoms with Crippen molar-refractivity contribution in [3.05, 3.63) is 157 Å². The zero-order chi connectivity index (χ0) is 30.1. The Hall–Kier alpha value is -3.53. The van der Waals surface area contributed by atoms with Gasteiger partial charge in [-0.15, -0.1) is 16.4 Å². The van der Waals surface area contributed by atoms with Gasteiger partial charge in [0.2, 0.25) is 0 Å². The highest BCUT2D eigenvalue weighted by Crippen LogP contribution is 2.24. The van der Waals surface area contributed by atoms with Crippen molar-refractivity contribution in [3.63, 3.8) is 0 Å². The molecule has 8 heteroatoms. The first-order valence-corrected chi connectivity index (χ1v) is 15.7. The number of hydrogen-bond acceptors (Lipinski definition) is 0. The van der Waals surface area contributed by atoms with Gasteiger partial charge in [0.15, 0.2) is 7.14 Å². The van der Waals surface area contributed by atoms with E-state index in [9.17, 15) is 26.3 Å². The van der Waals surface area contributed by atoms with Gasteiger partial charge in [-0.1, -0.05) is 74.4 Å². The molecule has 42 heavy (non-hydrogen) atoms. The Morgan fingerprint density at radius 2 is 0.762 bits per heavy atom. The molecule has 0 aliphatic rings. The number of rotatable bonds is 8. The predicted octanol–water partition coefficient (Wildman–Crippen LogP) is 4.61. The zero-order valence-corrected chi connectivity index (χ0v) is 25.0. The van der Waals surface area contributed by atoms with Crippen molar-refractivity contribution in [2.45, 2.75) is 26.1 Å². The molecule has 0 N–H and O–H groups in total. The Bertz CT molecular complexity index is 1390. The van der Waals surface area contributed by atoms with Crippen molar-refractivity contribution >= 4 is 22.5 Å². The van der Waals surface area contributed by atoms with Crippen molar-refractivity contribution in [2.24, 2.45) is 0 Å². The second kappa shape index (κ2) is 14.6. The second-order valence-electron chi connectivity index (χ2n) is 9.78. The fourth-order valence-electron chi connectivity index (χ4n) is 5.40.